The molecule has 1 aromatic carbocycles. The molecule has 0 spiro atoms. The Morgan fingerprint density at radius 2 is 1.96 bits per heavy atom. The summed E-state index contributed by atoms with van der Waals surface area (Å²) in [6.07, 6.45) is 4.56. The van der Waals surface area contributed by atoms with Gasteiger partial charge in [0.15, 0.2) is 5.13 Å². The van der Waals surface area contributed by atoms with Gasteiger partial charge in [0.2, 0.25) is 0 Å². The van der Waals surface area contributed by atoms with Gasteiger partial charge in [-0.2, -0.15) is 0 Å². The van der Waals surface area contributed by atoms with Crippen molar-refractivity contribution in [2.75, 3.05) is 29.9 Å². The van der Waals surface area contributed by atoms with E-state index in [2.05, 4.69) is 25.9 Å². The smallest absolute Gasteiger partial charge is 0.319 e. The molecule has 128 valence electrons. The lowest BCUT2D eigenvalue weighted by molar-refractivity contribution is 0.252. The summed E-state index contributed by atoms with van der Waals surface area (Å²) in [4.78, 5) is 18.9. The predicted molar refractivity (Wildman–Crippen MR) is 100 cm³/mol. The fourth-order valence-corrected chi connectivity index (χ4v) is 3.69. The Kier molecular flexibility index (Phi) is 5.93. The first kappa shape index (κ1) is 17.0. The number of hydrogen-bond donors (Lipinski definition) is 2. The third-order valence-corrected chi connectivity index (χ3v) is 5.14. The van der Waals surface area contributed by atoms with Crippen LogP contribution in [-0.2, 0) is 6.42 Å². The fraction of sp³-hybridized carbons (Fsp3) is 0.412. The van der Waals surface area contributed by atoms with Crippen LogP contribution < -0.4 is 15.5 Å². The number of hydrogen-bond acceptors (Lipinski definition) is 4. The van der Waals surface area contributed by atoms with Crippen molar-refractivity contribution < 1.29 is 4.79 Å². The Balaban J connectivity index is 1.42. The van der Waals surface area contributed by atoms with E-state index in [4.69, 9.17) is 11.6 Å². The number of aromatic nitrogens is 1. The molecule has 0 saturated carbocycles. The molecule has 0 unspecified atom stereocenters. The number of benzene rings is 1. The third-order valence-electron chi connectivity index (χ3n) is 3.93. The summed E-state index contributed by atoms with van der Waals surface area (Å²) >= 11 is 7.51. The van der Waals surface area contributed by atoms with Crippen molar-refractivity contribution in [1.29, 1.82) is 0 Å². The zero-order chi connectivity index (χ0) is 16.8. The van der Waals surface area contributed by atoms with Crippen molar-refractivity contribution >= 4 is 39.8 Å². The van der Waals surface area contributed by atoms with E-state index < -0.39 is 0 Å². The van der Waals surface area contributed by atoms with Crippen molar-refractivity contribution in [2.45, 2.75) is 25.7 Å². The Bertz CT molecular complexity index is 667. The lowest BCUT2D eigenvalue weighted by Gasteiger charge is -2.25. The number of urea groups is 1. The molecule has 1 fully saturated rings. The molecule has 0 aliphatic carbocycles. The highest BCUT2D eigenvalue weighted by molar-refractivity contribution is 7.13. The molecule has 1 saturated heterocycles. The maximum absolute atomic E-state index is 11.9. The topological polar surface area (TPSA) is 57.3 Å². The maximum atomic E-state index is 11.9. The van der Waals surface area contributed by atoms with Crippen molar-refractivity contribution in [1.82, 2.24) is 10.3 Å². The van der Waals surface area contributed by atoms with E-state index >= 15 is 0 Å². The minimum absolute atomic E-state index is 0.219. The van der Waals surface area contributed by atoms with Gasteiger partial charge in [-0.05, 0) is 43.5 Å². The van der Waals surface area contributed by atoms with Crippen LogP contribution in [0.5, 0.6) is 0 Å². The van der Waals surface area contributed by atoms with Crippen molar-refractivity contribution in [3.05, 3.63) is 40.4 Å². The average molecular weight is 365 g/mol. The molecule has 1 aliphatic heterocycles. The summed E-state index contributed by atoms with van der Waals surface area (Å²) in [5.41, 5.74) is 1.75. The normalized spacial score (nSPS) is 14.5. The molecule has 0 bridgehead atoms. The molecule has 1 aliphatic rings. The number of nitrogens with one attached hydrogen (secondary N) is 2. The number of piperidine rings is 1. The number of amides is 2. The van der Waals surface area contributed by atoms with Gasteiger partial charge in [-0.25, -0.2) is 9.78 Å². The van der Waals surface area contributed by atoms with Crippen LogP contribution in [-0.4, -0.2) is 30.6 Å². The molecule has 24 heavy (non-hydrogen) atoms. The Morgan fingerprint density at radius 1 is 1.21 bits per heavy atom. The van der Waals surface area contributed by atoms with Crippen LogP contribution in [0.2, 0.25) is 5.02 Å². The van der Waals surface area contributed by atoms with Gasteiger partial charge in [0.1, 0.15) is 0 Å². The molecule has 2 N–H and O–H groups in total. The molecular weight excluding hydrogens is 344 g/mol. The van der Waals surface area contributed by atoms with Crippen LogP contribution in [0.3, 0.4) is 0 Å². The highest BCUT2D eigenvalue weighted by Crippen LogP contribution is 2.24. The van der Waals surface area contributed by atoms with Crippen LogP contribution in [0, 0.1) is 0 Å². The van der Waals surface area contributed by atoms with E-state index in [-0.39, 0.29) is 6.03 Å². The lowest BCUT2D eigenvalue weighted by Crippen LogP contribution is -2.30. The Morgan fingerprint density at radius 3 is 2.71 bits per heavy atom. The molecule has 0 atom stereocenters. The second-order valence-corrected chi connectivity index (χ2v) is 7.08. The zero-order valence-corrected chi connectivity index (χ0v) is 15.0. The summed E-state index contributed by atoms with van der Waals surface area (Å²) in [5, 5.41) is 9.47. The van der Waals surface area contributed by atoms with E-state index in [9.17, 15) is 4.79 Å². The Hall–Kier alpha value is -1.79. The van der Waals surface area contributed by atoms with Crippen molar-refractivity contribution in [3.8, 4) is 0 Å². The van der Waals surface area contributed by atoms with Gasteiger partial charge in [-0.15, -0.1) is 11.3 Å². The van der Waals surface area contributed by atoms with Crippen molar-refractivity contribution in [3.63, 3.8) is 0 Å². The van der Waals surface area contributed by atoms with Crippen LogP contribution >= 0.6 is 22.9 Å². The molecule has 5 nitrogen and oxygen atoms in total. The van der Waals surface area contributed by atoms with Gasteiger partial charge in [0.05, 0.1) is 5.69 Å². The van der Waals surface area contributed by atoms with Crippen molar-refractivity contribution in [2.24, 2.45) is 0 Å². The lowest BCUT2D eigenvalue weighted by atomic mass is 10.1. The van der Waals surface area contributed by atoms with Gasteiger partial charge >= 0.3 is 6.03 Å². The van der Waals surface area contributed by atoms with Crippen LogP contribution in [0.4, 0.5) is 15.6 Å². The van der Waals surface area contributed by atoms with E-state index in [1.54, 1.807) is 35.6 Å². The number of carbonyl (C=O) groups is 1. The predicted octanol–water partition coefficient (Wildman–Crippen LogP) is 4.15. The van der Waals surface area contributed by atoms with Crippen LogP contribution in [0.1, 0.15) is 25.0 Å². The first-order chi connectivity index (χ1) is 11.7. The molecule has 0 radical (unpaired) electrons. The zero-order valence-electron chi connectivity index (χ0n) is 13.4. The fourth-order valence-electron chi connectivity index (χ4n) is 2.65. The summed E-state index contributed by atoms with van der Waals surface area (Å²) in [7, 11) is 0. The maximum Gasteiger partial charge on any atom is 0.319 e. The summed E-state index contributed by atoms with van der Waals surface area (Å²) in [5.74, 6) is 0. The van der Waals surface area contributed by atoms with Crippen LogP contribution in [0.15, 0.2) is 29.6 Å². The van der Waals surface area contributed by atoms with Gasteiger partial charge in [0, 0.05) is 42.1 Å². The third kappa shape index (κ3) is 4.85. The molecule has 7 heteroatoms. The minimum atomic E-state index is -0.219. The highest BCUT2D eigenvalue weighted by atomic mass is 35.5. The summed E-state index contributed by atoms with van der Waals surface area (Å²) < 4.78 is 0. The standard InChI is InChI=1S/C17H21ClN4OS/c18-13-4-6-14(7-5-13)20-16(23)19-9-8-15-12-24-17(21-15)22-10-2-1-3-11-22/h4-7,12H,1-3,8-11H2,(H2,19,20,23). The molecule has 2 aromatic rings. The van der Waals surface area contributed by atoms with E-state index in [0.717, 1.165) is 36.0 Å². The molecule has 2 heterocycles. The largest absolute Gasteiger partial charge is 0.348 e. The molecule has 3 rings (SSSR count). The average Bonchev–Trinajstić information content (AvgIpc) is 3.07. The van der Waals surface area contributed by atoms with E-state index in [1.807, 2.05) is 0 Å². The van der Waals surface area contributed by atoms with Gasteiger partial charge in [-0.3, -0.25) is 0 Å². The number of rotatable bonds is 5. The first-order valence-corrected chi connectivity index (χ1v) is 9.46. The molecule has 1 aromatic heterocycles. The number of carbonyl (C=O) groups excluding carboxylic acids is 1. The quantitative estimate of drug-likeness (QED) is 0.837. The molecule has 2 amide bonds. The number of anilines is 2. The number of thiazole rings is 1. The van der Waals surface area contributed by atoms with E-state index in [1.165, 1.54) is 19.3 Å². The van der Waals surface area contributed by atoms with Crippen LogP contribution in [0.25, 0.3) is 0 Å². The second kappa shape index (κ2) is 8.35. The van der Waals surface area contributed by atoms with Gasteiger partial charge < -0.3 is 15.5 Å². The minimum Gasteiger partial charge on any atom is -0.348 e. The van der Waals surface area contributed by atoms with Gasteiger partial charge in [0.25, 0.3) is 0 Å². The molecular formula is C17H21ClN4OS. The summed E-state index contributed by atoms with van der Waals surface area (Å²) in [6, 6.07) is 6.81. The highest BCUT2D eigenvalue weighted by Gasteiger charge is 2.14. The van der Waals surface area contributed by atoms with E-state index in [0.29, 0.717) is 11.6 Å². The second-order valence-electron chi connectivity index (χ2n) is 5.81. The SMILES string of the molecule is O=C(NCCc1csc(N2CCCCC2)n1)Nc1ccc(Cl)cc1. The Labute approximate surface area is 151 Å². The number of halogens is 1. The summed E-state index contributed by atoms with van der Waals surface area (Å²) in [6.45, 7) is 2.77. The number of nitrogens with zero attached hydrogens (tertiary/aromatic N) is 2. The monoisotopic (exact) mass is 364 g/mol. The first-order valence-electron chi connectivity index (χ1n) is 8.20. The van der Waals surface area contributed by atoms with Gasteiger partial charge in [-0.1, -0.05) is 11.6 Å².